The van der Waals surface area contributed by atoms with Gasteiger partial charge in [-0.05, 0) is 18.4 Å². The average molecular weight is 316 g/mol. The monoisotopic (exact) mass is 316 g/mol. The highest BCUT2D eigenvalue weighted by Gasteiger charge is 2.57. The number of nitrogens with one attached hydrogen (secondary N) is 2. The number of hydrogen-bond acceptors (Lipinski definition) is 3. The van der Waals surface area contributed by atoms with Crippen LogP contribution in [-0.2, 0) is 16.1 Å². The lowest BCUT2D eigenvalue weighted by Gasteiger charge is -2.60. The van der Waals surface area contributed by atoms with Crippen LogP contribution >= 0.6 is 0 Å². The minimum atomic E-state index is 0.106. The first kappa shape index (κ1) is 16.5. The van der Waals surface area contributed by atoms with Crippen molar-refractivity contribution in [3.8, 4) is 0 Å². The van der Waals surface area contributed by atoms with Gasteiger partial charge in [0.15, 0.2) is 0 Å². The molecule has 0 bridgehead atoms. The fourth-order valence-corrected chi connectivity index (χ4v) is 4.16. The van der Waals surface area contributed by atoms with Gasteiger partial charge in [-0.1, -0.05) is 44.2 Å². The van der Waals surface area contributed by atoms with E-state index in [4.69, 9.17) is 4.74 Å². The topological polar surface area (TPSA) is 50.4 Å². The lowest BCUT2D eigenvalue weighted by atomic mass is 9.55. The number of carbonyl (C=O) groups excluding carboxylic acids is 1. The zero-order valence-electron chi connectivity index (χ0n) is 14.2. The van der Waals surface area contributed by atoms with Gasteiger partial charge in [-0.25, -0.2) is 0 Å². The fraction of sp³-hybridized carbons (Fsp3) is 0.632. The van der Waals surface area contributed by atoms with E-state index in [0.29, 0.717) is 31.0 Å². The van der Waals surface area contributed by atoms with E-state index in [1.165, 1.54) is 6.42 Å². The highest BCUT2D eigenvalue weighted by molar-refractivity contribution is 5.76. The summed E-state index contributed by atoms with van der Waals surface area (Å²) in [5.74, 6) is 0.723. The molecular weight excluding hydrogens is 288 g/mol. The summed E-state index contributed by atoms with van der Waals surface area (Å²) in [6.07, 6.45) is 3.32. The summed E-state index contributed by atoms with van der Waals surface area (Å²) in [5, 5.41) is 6.58. The molecule has 2 fully saturated rings. The van der Waals surface area contributed by atoms with Gasteiger partial charge in [0.1, 0.15) is 0 Å². The van der Waals surface area contributed by atoms with Crippen molar-refractivity contribution in [3.05, 3.63) is 35.9 Å². The Bertz CT molecular complexity index is 529. The molecule has 1 saturated carbocycles. The van der Waals surface area contributed by atoms with Crippen LogP contribution in [0.25, 0.3) is 0 Å². The second kappa shape index (κ2) is 7.02. The molecule has 0 aromatic heterocycles. The van der Waals surface area contributed by atoms with Crippen molar-refractivity contribution in [2.45, 2.75) is 51.8 Å². The molecular formula is C19H28N2O2. The van der Waals surface area contributed by atoms with Crippen LogP contribution in [0.2, 0.25) is 0 Å². The second-order valence-corrected chi connectivity index (χ2v) is 7.36. The highest BCUT2D eigenvalue weighted by atomic mass is 16.5. The predicted molar refractivity (Wildman–Crippen MR) is 90.9 cm³/mol. The molecule has 4 heteroatoms. The minimum absolute atomic E-state index is 0.106. The maximum Gasteiger partial charge on any atom is 0.221 e. The molecule has 0 spiro atoms. The Morgan fingerprint density at radius 2 is 2.09 bits per heavy atom. The largest absolute Gasteiger partial charge is 0.377 e. The zero-order valence-corrected chi connectivity index (χ0v) is 14.2. The predicted octanol–water partition coefficient (Wildman–Crippen LogP) is 2.49. The van der Waals surface area contributed by atoms with Crippen molar-refractivity contribution in [3.63, 3.8) is 0 Å². The third-order valence-electron chi connectivity index (χ3n) is 5.38. The number of ether oxygens (including phenoxy) is 1. The summed E-state index contributed by atoms with van der Waals surface area (Å²) in [7, 11) is 0. The molecule has 4 nitrogen and oxygen atoms in total. The second-order valence-electron chi connectivity index (χ2n) is 7.36. The number of fused-ring (bicyclic) bond motifs is 1. The quantitative estimate of drug-likeness (QED) is 0.848. The van der Waals surface area contributed by atoms with Crippen molar-refractivity contribution >= 4 is 5.91 Å². The molecule has 2 N–H and O–H groups in total. The van der Waals surface area contributed by atoms with Crippen LogP contribution in [0.1, 0.15) is 38.7 Å². The number of carbonyl (C=O) groups is 1. The maximum absolute atomic E-state index is 12.0. The summed E-state index contributed by atoms with van der Waals surface area (Å²) < 4.78 is 5.92. The van der Waals surface area contributed by atoms with E-state index in [-0.39, 0.29) is 11.3 Å². The third-order valence-corrected chi connectivity index (χ3v) is 5.38. The molecule has 1 saturated heterocycles. The third kappa shape index (κ3) is 3.59. The van der Waals surface area contributed by atoms with E-state index in [1.54, 1.807) is 0 Å². The van der Waals surface area contributed by atoms with Gasteiger partial charge in [0.05, 0.1) is 6.10 Å². The Labute approximate surface area is 139 Å². The first-order valence-electron chi connectivity index (χ1n) is 8.74. The minimum Gasteiger partial charge on any atom is -0.377 e. The fourth-order valence-electron chi connectivity index (χ4n) is 4.16. The Kier molecular flexibility index (Phi) is 5.02. The summed E-state index contributed by atoms with van der Waals surface area (Å²) >= 11 is 0. The number of benzene rings is 1. The molecule has 0 unspecified atom stereocenters. The lowest BCUT2D eigenvalue weighted by molar-refractivity contribution is -0.192. The Hall–Kier alpha value is -1.39. The number of hydrogen-bond donors (Lipinski definition) is 2. The summed E-state index contributed by atoms with van der Waals surface area (Å²) in [6, 6.07) is 10.5. The van der Waals surface area contributed by atoms with Crippen LogP contribution in [0.4, 0.5) is 0 Å². The van der Waals surface area contributed by atoms with E-state index in [2.05, 4.69) is 24.5 Å². The summed E-state index contributed by atoms with van der Waals surface area (Å²) in [4.78, 5) is 12.0. The molecule has 1 aliphatic heterocycles. The Balaban J connectivity index is 1.38. The van der Waals surface area contributed by atoms with Gasteiger partial charge >= 0.3 is 0 Å². The summed E-state index contributed by atoms with van der Waals surface area (Å²) in [5.41, 5.74) is 1.31. The van der Waals surface area contributed by atoms with Crippen molar-refractivity contribution < 1.29 is 9.53 Å². The van der Waals surface area contributed by atoms with Gasteiger partial charge in [0, 0.05) is 43.5 Å². The van der Waals surface area contributed by atoms with Crippen LogP contribution < -0.4 is 10.6 Å². The smallest absolute Gasteiger partial charge is 0.221 e. The molecule has 1 aromatic rings. The van der Waals surface area contributed by atoms with Crippen LogP contribution in [0.5, 0.6) is 0 Å². The van der Waals surface area contributed by atoms with Crippen LogP contribution in [-0.4, -0.2) is 31.2 Å². The van der Waals surface area contributed by atoms with Gasteiger partial charge in [0.25, 0.3) is 0 Å². The highest BCUT2D eigenvalue weighted by Crippen LogP contribution is 2.51. The van der Waals surface area contributed by atoms with E-state index >= 15 is 0 Å². The molecule has 3 rings (SSSR count). The zero-order chi connectivity index (χ0) is 16.3. The van der Waals surface area contributed by atoms with Crippen LogP contribution in [0.15, 0.2) is 30.3 Å². The molecule has 3 atom stereocenters. The molecule has 23 heavy (non-hydrogen) atoms. The molecule has 1 aliphatic carbocycles. The summed E-state index contributed by atoms with van der Waals surface area (Å²) in [6.45, 7) is 6.78. The van der Waals surface area contributed by atoms with Gasteiger partial charge < -0.3 is 15.4 Å². The molecule has 126 valence electrons. The molecule has 2 aliphatic rings. The van der Waals surface area contributed by atoms with Gasteiger partial charge in [-0.15, -0.1) is 0 Å². The number of amides is 1. The van der Waals surface area contributed by atoms with Gasteiger partial charge in [-0.2, -0.15) is 0 Å². The van der Waals surface area contributed by atoms with E-state index in [9.17, 15) is 4.79 Å². The van der Waals surface area contributed by atoms with Crippen molar-refractivity contribution in [2.75, 3.05) is 13.2 Å². The van der Waals surface area contributed by atoms with Gasteiger partial charge in [0.2, 0.25) is 5.91 Å². The first-order chi connectivity index (χ1) is 11.1. The Morgan fingerprint density at radius 3 is 2.87 bits per heavy atom. The van der Waals surface area contributed by atoms with Crippen LogP contribution in [0, 0.1) is 11.3 Å². The van der Waals surface area contributed by atoms with Crippen molar-refractivity contribution in [1.82, 2.24) is 10.6 Å². The van der Waals surface area contributed by atoms with Crippen LogP contribution in [0.3, 0.4) is 0 Å². The standard InChI is InChI=1S/C19H28N2O2/c1-19(2)17(15-9-6-12-23-18(15)19)20-11-10-16(22)21-13-14-7-4-3-5-8-14/h3-5,7-8,15,17-18,20H,6,9-13H2,1-2H3,(H,21,22)/t15-,17-,18-/m1/s1. The molecule has 0 radical (unpaired) electrons. The molecule has 1 amide bonds. The average Bonchev–Trinajstić information content (AvgIpc) is 2.57. The Morgan fingerprint density at radius 1 is 1.30 bits per heavy atom. The molecule has 1 aromatic carbocycles. The van der Waals surface area contributed by atoms with E-state index in [0.717, 1.165) is 25.1 Å². The van der Waals surface area contributed by atoms with E-state index in [1.807, 2.05) is 30.3 Å². The van der Waals surface area contributed by atoms with Crippen molar-refractivity contribution in [2.24, 2.45) is 11.3 Å². The first-order valence-corrected chi connectivity index (χ1v) is 8.74. The number of rotatable bonds is 6. The van der Waals surface area contributed by atoms with Crippen molar-refractivity contribution in [1.29, 1.82) is 0 Å². The maximum atomic E-state index is 12.0. The normalized spacial score (nSPS) is 28.5. The van der Waals surface area contributed by atoms with Gasteiger partial charge in [-0.3, -0.25) is 4.79 Å². The molecule has 1 heterocycles. The lowest BCUT2D eigenvalue weighted by Crippen LogP contribution is -2.69. The van der Waals surface area contributed by atoms with E-state index < -0.39 is 0 Å². The SMILES string of the molecule is CC1(C)[C@H](NCCC(=O)NCc2ccccc2)[C@H]2CCCO[C@H]21.